The van der Waals surface area contributed by atoms with Gasteiger partial charge in [0.05, 0.1) is 17.7 Å². The van der Waals surface area contributed by atoms with Crippen LogP contribution in [0.15, 0.2) is 42.5 Å². The molecule has 0 spiro atoms. The first-order valence-corrected chi connectivity index (χ1v) is 11.5. The summed E-state index contributed by atoms with van der Waals surface area (Å²) in [5.41, 5.74) is -8.80. The molecule has 2 atom stereocenters. The van der Waals surface area contributed by atoms with Crippen molar-refractivity contribution in [2.75, 3.05) is 23.9 Å². The van der Waals surface area contributed by atoms with Crippen molar-refractivity contribution in [3.8, 4) is 0 Å². The molecule has 0 unspecified atom stereocenters. The normalized spacial score (nSPS) is 15.2. The van der Waals surface area contributed by atoms with Crippen LogP contribution in [0.1, 0.15) is 22.3 Å². The molecule has 0 aliphatic rings. The molecule has 200 valence electrons. The zero-order valence-corrected chi connectivity index (χ0v) is 19.1. The Labute approximate surface area is 201 Å². The van der Waals surface area contributed by atoms with E-state index >= 15 is 0 Å². The lowest BCUT2D eigenvalue weighted by Gasteiger charge is -2.32. The fourth-order valence-corrected chi connectivity index (χ4v) is 3.55. The minimum Gasteiger partial charge on any atom is -0.381 e. The molecule has 0 heterocycles. The second-order valence-corrected chi connectivity index (χ2v) is 9.09. The highest BCUT2D eigenvalue weighted by atomic mass is 32.2. The molecule has 0 fully saturated rings. The molecule has 0 bridgehead atoms. The number of alkyl halides is 9. The molecule has 2 rings (SSSR count). The van der Waals surface area contributed by atoms with Gasteiger partial charge >= 0.3 is 18.5 Å². The van der Waals surface area contributed by atoms with Gasteiger partial charge in [-0.05, 0) is 35.4 Å². The molecule has 15 heteroatoms. The molecule has 0 radical (unpaired) electrons. The molecular formula is C21H19F9N2O3S. The van der Waals surface area contributed by atoms with Crippen LogP contribution in [-0.4, -0.2) is 40.0 Å². The zero-order valence-electron chi connectivity index (χ0n) is 18.2. The van der Waals surface area contributed by atoms with E-state index in [0.29, 0.717) is 24.3 Å². The number of hydrogen-bond donors (Lipinski definition) is 3. The summed E-state index contributed by atoms with van der Waals surface area (Å²) < 4.78 is 132. The summed E-state index contributed by atoms with van der Waals surface area (Å²) in [5.74, 6) is -1.24. The summed E-state index contributed by atoms with van der Waals surface area (Å²) in [6.45, 7) is -2.13. The van der Waals surface area contributed by atoms with E-state index in [2.05, 4.69) is 5.32 Å². The van der Waals surface area contributed by atoms with Gasteiger partial charge in [0.15, 0.2) is 0 Å². The third kappa shape index (κ3) is 7.35. The van der Waals surface area contributed by atoms with Crippen molar-refractivity contribution >= 4 is 22.4 Å². The summed E-state index contributed by atoms with van der Waals surface area (Å²) >= 11 is 0. The molecule has 3 N–H and O–H groups in total. The molecule has 2 aromatic carbocycles. The maximum Gasteiger partial charge on any atom is 0.423 e. The number of nitrogens with one attached hydrogen (secondary N) is 2. The smallest absolute Gasteiger partial charge is 0.381 e. The highest BCUT2D eigenvalue weighted by Gasteiger charge is 2.55. The van der Waals surface area contributed by atoms with E-state index in [1.165, 1.54) is 6.26 Å². The van der Waals surface area contributed by atoms with Crippen molar-refractivity contribution in [2.24, 2.45) is 0 Å². The number of hydrogen-bond acceptors (Lipinski definition) is 4. The minimum absolute atomic E-state index is 0.103. The number of carbonyl (C=O) groups excluding carboxylic acids is 1. The van der Waals surface area contributed by atoms with Crippen LogP contribution in [0.25, 0.3) is 0 Å². The van der Waals surface area contributed by atoms with E-state index in [1.807, 2.05) is 5.32 Å². The molecule has 0 saturated heterocycles. The highest BCUT2D eigenvalue weighted by Crippen LogP contribution is 2.41. The Bertz CT molecular complexity index is 1120. The van der Waals surface area contributed by atoms with Gasteiger partial charge in [-0.2, -0.15) is 39.5 Å². The predicted octanol–water partition coefficient (Wildman–Crippen LogP) is 4.58. The molecule has 5 nitrogen and oxygen atoms in total. The van der Waals surface area contributed by atoms with Crippen LogP contribution in [0.4, 0.5) is 45.2 Å². The van der Waals surface area contributed by atoms with Crippen LogP contribution in [0.5, 0.6) is 0 Å². The number of anilines is 1. The number of carbonyl (C=O) groups is 1. The first kappa shape index (κ1) is 29.4. The first-order chi connectivity index (χ1) is 16.3. The van der Waals surface area contributed by atoms with Gasteiger partial charge in [0.25, 0.3) is 0 Å². The molecule has 0 aliphatic heterocycles. The SMILES string of the molecule is C[S@](=O)CC(=O)NCc1ccc(NC[C@](O)(c2cccc(C(F)(F)F)c2)C(F)(F)F)cc1C(F)(F)F. The van der Waals surface area contributed by atoms with Gasteiger partial charge in [0.2, 0.25) is 11.5 Å². The van der Waals surface area contributed by atoms with Crippen molar-refractivity contribution in [3.05, 3.63) is 64.7 Å². The van der Waals surface area contributed by atoms with Gasteiger partial charge in [-0.3, -0.25) is 9.00 Å². The summed E-state index contributed by atoms with van der Waals surface area (Å²) in [7, 11) is -1.54. The summed E-state index contributed by atoms with van der Waals surface area (Å²) in [6.07, 6.45) is -14.3. The Morgan fingerprint density at radius 2 is 1.53 bits per heavy atom. The van der Waals surface area contributed by atoms with Crippen molar-refractivity contribution < 1.29 is 53.6 Å². The third-order valence-electron chi connectivity index (χ3n) is 4.91. The lowest BCUT2D eigenvalue weighted by atomic mass is 9.91. The van der Waals surface area contributed by atoms with Gasteiger partial charge in [-0.15, -0.1) is 0 Å². The molecule has 2 aromatic rings. The maximum absolute atomic E-state index is 13.7. The molecule has 36 heavy (non-hydrogen) atoms. The molecule has 0 saturated carbocycles. The van der Waals surface area contributed by atoms with E-state index < -0.39 is 87.6 Å². The van der Waals surface area contributed by atoms with Crippen molar-refractivity contribution in [1.29, 1.82) is 0 Å². The summed E-state index contributed by atoms with van der Waals surface area (Å²) in [5, 5.41) is 14.5. The van der Waals surface area contributed by atoms with Crippen LogP contribution in [0, 0.1) is 0 Å². The van der Waals surface area contributed by atoms with Crippen LogP contribution in [-0.2, 0) is 40.1 Å². The number of benzene rings is 2. The fraction of sp³-hybridized carbons (Fsp3) is 0.381. The fourth-order valence-electron chi connectivity index (χ4n) is 3.08. The Morgan fingerprint density at radius 3 is 2.06 bits per heavy atom. The highest BCUT2D eigenvalue weighted by molar-refractivity contribution is 7.85. The first-order valence-electron chi connectivity index (χ1n) is 9.82. The second-order valence-electron chi connectivity index (χ2n) is 7.65. The quantitative estimate of drug-likeness (QED) is 0.421. The van der Waals surface area contributed by atoms with E-state index in [1.54, 1.807) is 0 Å². The third-order valence-corrected chi connectivity index (χ3v) is 5.58. The number of halogens is 9. The molecule has 0 aliphatic carbocycles. The largest absolute Gasteiger partial charge is 0.423 e. The van der Waals surface area contributed by atoms with Gasteiger partial charge in [-0.25, -0.2) is 0 Å². The average Bonchev–Trinajstić information content (AvgIpc) is 2.74. The van der Waals surface area contributed by atoms with E-state index in [4.69, 9.17) is 0 Å². The Balaban J connectivity index is 2.35. The van der Waals surface area contributed by atoms with E-state index in [9.17, 15) is 53.6 Å². The minimum atomic E-state index is -5.50. The number of aliphatic hydroxyl groups is 1. The van der Waals surface area contributed by atoms with Gasteiger partial charge < -0.3 is 15.7 Å². The topological polar surface area (TPSA) is 78.4 Å². The summed E-state index contributed by atoms with van der Waals surface area (Å²) in [6, 6.07) is 4.12. The van der Waals surface area contributed by atoms with E-state index in [-0.39, 0.29) is 6.07 Å². The Kier molecular flexibility index (Phi) is 8.71. The predicted molar refractivity (Wildman–Crippen MR) is 112 cm³/mol. The van der Waals surface area contributed by atoms with Crippen LogP contribution in [0.2, 0.25) is 0 Å². The van der Waals surface area contributed by atoms with Gasteiger partial charge in [0.1, 0.15) is 5.75 Å². The Morgan fingerprint density at radius 1 is 0.917 bits per heavy atom. The molecular weight excluding hydrogens is 531 g/mol. The van der Waals surface area contributed by atoms with E-state index in [0.717, 1.165) is 12.1 Å². The summed E-state index contributed by atoms with van der Waals surface area (Å²) in [4.78, 5) is 11.6. The standard InChI is InChI=1S/C21H19F9N2O3S/c1-36(35)10-17(33)31-9-12-5-6-15(8-16(12)20(25,26)27)32-11-18(34,21(28,29)30)13-3-2-4-14(7-13)19(22,23)24/h2-8,32,34H,9-11H2,1H3,(H,31,33)/t18-,36-/m0/s1. The Hall–Kier alpha value is -2.81. The lowest BCUT2D eigenvalue weighted by molar-refractivity contribution is -0.260. The van der Waals surface area contributed by atoms with Crippen molar-refractivity contribution in [2.45, 2.75) is 30.7 Å². The van der Waals surface area contributed by atoms with Crippen LogP contribution < -0.4 is 10.6 Å². The van der Waals surface area contributed by atoms with Gasteiger partial charge in [0, 0.05) is 29.3 Å². The van der Waals surface area contributed by atoms with Crippen molar-refractivity contribution in [3.63, 3.8) is 0 Å². The van der Waals surface area contributed by atoms with Crippen LogP contribution in [0.3, 0.4) is 0 Å². The second kappa shape index (κ2) is 10.7. The zero-order chi connectivity index (χ0) is 27.5. The average molecular weight is 550 g/mol. The number of rotatable bonds is 8. The molecule has 0 aromatic heterocycles. The van der Waals surface area contributed by atoms with Gasteiger partial charge in [-0.1, -0.05) is 18.2 Å². The van der Waals surface area contributed by atoms with Crippen molar-refractivity contribution in [1.82, 2.24) is 5.32 Å². The lowest BCUT2D eigenvalue weighted by Crippen LogP contribution is -2.48. The van der Waals surface area contributed by atoms with Crippen LogP contribution >= 0.6 is 0 Å². The molecule has 1 amide bonds. The monoisotopic (exact) mass is 550 g/mol. The number of amides is 1. The maximum atomic E-state index is 13.7.